The Morgan fingerprint density at radius 3 is 2.54 bits per heavy atom. The van der Waals surface area contributed by atoms with Gasteiger partial charge in [-0.2, -0.15) is 0 Å². The van der Waals surface area contributed by atoms with Gasteiger partial charge in [0, 0.05) is 5.69 Å². The highest BCUT2D eigenvalue weighted by atomic mass is 32.2. The standard InChI is InChI=1S/C16H19N3O4S/c1-12-5-7-14(8-6-12)23-10-9-18-16(20)19-13-3-2-4-15(11-13)24(17,21)22/h2-8,11H,9-10H2,1H3,(H2,17,21,22)(H2,18,19,20). The Hall–Kier alpha value is -2.58. The van der Waals surface area contributed by atoms with Gasteiger partial charge in [-0.15, -0.1) is 0 Å². The molecular formula is C16H19N3O4S. The first kappa shape index (κ1) is 17.8. The maximum Gasteiger partial charge on any atom is 0.319 e. The lowest BCUT2D eigenvalue weighted by Gasteiger charge is -2.10. The number of primary sulfonamides is 1. The molecule has 4 N–H and O–H groups in total. The van der Waals surface area contributed by atoms with E-state index in [0.29, 0.717) is 18.8 Å². The van der Waals surface area contributed by atoms with Gasteiger partial charge in [-0.1, -0.05) is 23.8 Å². The fourth-order valence-electron chi connectivity index (χ4n) is 1.89. The highest BCUT2D eigenvalue weighted by molar-refractivity contribution is 7.89. The maximum absolute atomic E-state index is 11.8. The zero-order chi connectivity index (χ0) is 17.6. The number of rotatable bonds is 6. The first-order chi connectivity index (χ1) is 11.3. The summed E-state index contributed by atoms with van der Waals surface area (Å²) in [5.41, 5.74) is 1.47. The summed E-state index contributed by atoms with van der Waals surface area (Å²) < 4.78 is 28.0. The lowest BCUT2D eigenvalue weighted by atomic mass is 10.2. The van der Waals surface area contributed by atoms with E-state index in [-0.39, 0.29) is 4.90 Å². The van der Waals surface area contributed by atoms with E-state index in [0.717, 1.165) is 11.3 Å². The van der Waals surface area contributed by atoms with Gasteiger partial charge in [0.25, 0.3) is 0 Å². The summed E-state index contributed by atoms with van der Waals surface area (Å²) in [7, 11) is -3.81. The van der Waals surface area contributed by atoms with Gasteiger partial charge >= 0.3 is 6.03 Å². The minimum absolute atomic E-state index is 0.0667. The molecule has 0 radical (unpaired) electrons. The number of amides is 2. The Balaban J connectivity index is 1.78. The molecule has 0 atom stereocenters. The van der Waals surface area contributed by atoms with Crippen LogP contribution in [0.1, 0.15) is 5.56 Å². The lowest BCUT2D eigenvalue weighted by Crippen LogP contribution is -2.32. The first-order valence-electron chi connectivity index (χ1n) is 7.22. The molecule has 0 saturated heterocycles. The van der Waals surface area contributed by atoms with Gasteiger partial charge in [-0.25, -0.2) is 18.4 Å². The molecule has 0 aliphatic carbocycles. The van der Waals surface area contributed by atoms with Gasteiger partial charge in [0.1, 0.15) is 12.4 Å². The quantitative estimate of drug-likeness (QED) is 0.691. The van der Waals surface area contributed by atoms with Crippen molar-refractivity contribution < 1.29 is 17.9 Å². The fourth-order valence-corrected chi connectivity index (χ4v) is 2.45. The Bertz CT molecular complexity index is 804. The molecule has 0 aliphatic heterocycles. The molecule has 8 heteroatoms. The molecule has 2 aromatic rings. The monoisotopic (exact) mass is 349 g/mol. The maximum atomic E-state index is 11.8. The number of urea groups is 1. The van der Waals surface area contributed by atoms with Crippen LogP contribution in [0.4, 0.5) is 10.5 Å². The summed E-state index contributed by atoms with van der Waals surface area (Å²) in [6.45, 7) is 2.60. The second-order valence-electron chi connectivity index (χ2n) is 5.12. The number of benzene rings is 2. The van der Waals surface area contributed by atoms with Crippen LogP contribution in [0.5, 0.6) is 5.75 Å². The predicted molar refractivity (Wildman–Crippen MR) is 91.5 cm³/mol. The molecule has 0 fully saturated rings. The molecule has 0 spiro atoms. The predicted octanol–water partition coefficient (Wildman–Crippen LogP) is 1.84. The number of sulfonamides is 1. The van der Waals surface area contributed by atoms with Crippen LogP contribution in [0.2, 0.25) is 0 Å². The molecule has 0 bridgehead atoms. The molecule has 0 saturated carbocycles. The van der Waals surface area contributed by atoms with Crippen molar-refractivity contribution in [2.75, 3.05) is 18.5 Å². The molecule has 0 aromatic heterocycles. The number of nitrogens with one attached hydrogen (secondary N) is 2. The zero-order valence-corrected chi connectivity index (χ0v) is 14.0. The van der Waals surface area contributed by atoms with E-state index in [1.807, 2.05) is 31.2 Å². The minimum atomic E-state index is -3.81. The van der Waals surface area contributed by atoms with Crippen LogP contribution in [0.15, 0.2) is 53.4 Å². The molecule has 24 heavy (non-hydrogen) atoms. The van der Waals surface area contributed by atoms with Gasteiger partial charge in [0.05, 0.1) is 11.4 Å². The van der Waals surface area contributed by atoms with Crippen LogP contribution in [0.25, 0.3) is 0 Å². The van der Waals surface area contributed by atoms with Crippen molar-refractivity contribution >= 4 is 21.7 Å². The smallest absolute Gasteiger partial charge is 0.319 e. The Kier molecular flexibility index (Phi) is 5.78. The van der Waals surface area contributed by atoms with Crippen molar-refractivity contribution in [2.24, 2.45) is 5.14 Å². The second kappa shape index (κ2) is 7.80. The van der Waals surface area contributed by atoms with E-state index in [9.17, 15) is 13.2 Å². The topological polar surface area (TPSA) is 111 Å². The molecule has 128 valence electrons. The molecule has 7 nitrogen and oxygen atoms in total. The number of carbonyl (C=O) groups is 1. The summed E-state index contributed by atoms with van der Waals surface area (Å²) in [6.07, 6.45) is 0. The summed E-state index contributed by atoms with van der Waals surface area (Å²) >= 11 is 0. The van der Waals surface area contributed by atoms with Crippen LogP contribution in [-0.4, -0.2) is 27.6 Å². The summed E-state index contributed by atoms with van der Waals surface area (Å²) in [6, 6.07) is 12.8. The van der Waals surface area contributed by atoms with E-state index in [2.05, 4.69) is 10.6 Å². The molecule has 0 heterocycles. The third-order valence-electron chi connectivity index (χ3n) is 3.10. The van der Waals surface area contributed by atoms with Crippen LogP contribution in [0.3, 0.4) is 0 Å². The van der Waals surface area contributed by atoms with Gasteiger partial charge < -0.3 is 15.4 Å². The molecule has 2 rings (SSSR count). The molecule has 0 unspecified atom stereocenters. The average molecular weight is 349 g/mol. The average Bonchev–Trinajstić information content (AvgIpc) is 2.53. The Labute approximate surface area is 140 Å². The lowest BCUT2D eigenvalue weighted by molar-refractivity contribution is 0.247. The fraction of sp³-hybridized carbons (Fsp3) is 0.188. The number of anilines is 1. The van der Waals surface area contributed by atoms with Crippen molar-refractivity contribution in [1.29, 1.82) is 0 Å². The van der Waals surface area contributed by atoms with E-state index in [4.69, 9.17) is 9.88 Å². The van der Waals surface area contributed by atoms with Gasteiger partial charge in [0.15, 0.2) is 0 Å². The van der Waals surface area contributed by atoms with Crippen molar-refractivity contribution in [1.82, 2.24) is 5.32 Å². The number of hydrogen-bond acceptors (Lipinski definition) is 4. The van der Waals surface area contributed by atoms with Crippen molar-refractivity contribution in [3.8, 4) is 5.75 Å². The highest BCUT2D eigenvalue weighted by Gasteiger charge is 2.09. The number of aryl methyl sites for hydroxylation is 1. The highest BCUT2D eigenvalue weighted by Crippen LogP contribution is 2.14. The van der Waals surface area contributed by atoms with E-state index in [1.54, 1.807) is 6.07 Å². The van der Waals surface area contributed by atoms with Gasteiger partial charge in [-0.3, -0.25) is 0 Å². The van der Waals surface area contributed by atoms with Crippen LogP contribution >= 0.6 is 0 Å². The van der Waals surface area contributed by atoms with Crippen LogP contribution in [0, 0.1) is 6.92 Å². The molecular weight excluding hydrogens is 330 g/mol. The number of carbonyl (C=O) groups excluding carboxylic acids is 1. The van der Waals surface area contributed by atoms with Gasteiger partial charge in [-0.05, 0) is 37.3 Å². The van der Waals surface area contributed by atoms with Crippen molar-refractivity contribution in [3.05, 3.63) is 54.1 Å². The number of ether oxygens (including phenoxy) is 1. The van der Waals surface area contributed by atoms with Crippen LogP contribution in [-0.2, 0) is 10.0 Å². The molecule has 2 amide bonds. The normalized spacial score (nSPS) is 10.9. The summed E-state index contributed by atoms with van der Waals surface area (Å²) in [5.74, 6) is 0.726. The Morgan fingerprint density at radius 2 is 1.88 bits per heavy atom. The first-order valence-corrected chi connectivity index (χ1v) is 8.76. The second-order valence-corrected chi connectivity index (χ2v) is 6.68. The minimum Gasteiger partial charge on any atom is -0.492 e. The largest absolute Gasteiger partial charge is 0.492 e. The van der Waals surface area contributed by atoms with Crippen molar-refractivity contribution in [3.63, 3.8) is 0 Å². The van der Waals surface area contributed by atoms with E-state index < -0.39 is 16.1 Å². The van der Waals surface area contributed by atoms with E-state index in [1.165, 1.54) is 18.2 Å². The third kappa shape index (κ3) is 5.56. The van der Waals surface area contributed by atoms with Gasteiger partial charge in [0.2, 0.25) is 10.0 Å². The SMILES string of the molecule is Cc1ccc(OCCNC(=O)Nc2cccc(S(N)(=O)=O)c2)cc1. The molecule has 0 aliphatic rings. The summed E-state index contributed by atoms with van der Waals surface area (Å²) in [5, 5.41) is 10.2. The van der Waals surface area contributed by atoms with Crippen molar-refractivity contribution in [2.45, 2.75) is 11.8 Å². The van der Waals surface area contributed by atoms with Crippen LogP contribution < -0.4 is 20.5 Å². The van der Waals surface area contributed by atoms with E-state index >= 15 is 0 Å². The Morgan fingerprint density at radius 1 is 1.17 bits per heavy atom. The zero-order valence-electron chi connectivity index (χ0n) is 13.2. The third-order valence-corrected chi connectivity index (χ3v) is 4.01. The summed E-state index contributed by atoms with van der Waals surface area (Å²) in [4.78, 5) is 11.7. The molecule has 2 aromatic carbocycles. The number of nitrogens with two attached hydrogens (primary N) is 1. The number of hydrogen-bond donors (Lipinski definition) is 3.